The van der Waals surface area contributed by atoms with E-state index in [0.717, 1.165) is 31.8 Å². The van der Waals surface area contributed by atoms with Crippen LogP contribution < -0.4 is 5.32 Å². The zero-order chi connectivity index (χ0) is 11.8. The van der Waals surface area contributed by atoms with Gasteiger partial charge in [0.05, 0.1) is 19.4 Å². The van der Waals surface area contributed by atoms with E-state index in [9.17, 15) is 0 Å². The second-order valence-corrected chi connectivity index (χ2v) is 3.81. The van der Waals surface area contributed by atoms with Crippen molar-refractivity contribution >= 4 is 0 Å². The van der Waals surface area contributed by atoms with Crippen LogP contribution in [-0.2, 0) is 13.1 Å². The third-order valence-corrected chi connectivity index (χ3v) is 2.42. The van der Waals surface area contributed by atoms with Gasteiger partial charge in [0.1, 0.15) is 5.76 Å². The molecule has 3 heteroatoms. The predicted molar refractivity (Wildman–Crippen MR) is 65.9 cm³/mol. The van der Waals surface area contributed by atoms with Crippen LogP contribution in [0.3, 0.4) is 0 Å². The van der Waals surface area contributed by atoms with Crippen LogP contribution in [-0.4, -0.2) is 25.0 Å². The first-order valence-electron chi connectivity index (χ1n) is 5.67. The van der Waals surface area contributed by atoms with Crippen LogP contribution in [0, 0.1) is 12.3 Å². The molecule has 0 aliphatic carbocycles. The molecule has 0 bridgehead atoms. The average molecular weight is 220 g/mol. The number of hydrogen-bond acceptors (Lipinski definition) is 3. The molecule has 1 aromatic rings. The molecule has 0 amide bonds. The maximum atomic E-state index is 5.42. The quantitative estimate of drug-likeness (QED) is 0.711. The molecule has 3 nitrogen and oxygen atoms in total. The summed E-state index contributed by atoms with van der Waals surface area (Å²) in [5, 5.41) is 3.10. The predicted octanol–water partition coefficient (Wildman–Crippen LogP) is 1.84. The van der Waals surface area contributed by atoms with Crippen molar-refractivity contribution in [1.29, 1.82) is 0 Å². The first-order valence-corrected chi connectivity index (χ1v) is 5.67. The van der Waals surface area contributed by atoms with Crippen molar-refractivity contribution in [1.82, 2.24) is 10.2 Å². The Hall–Kier alpha value is -1.24. The van der Waals surface area contributed by atoms with Crippen LogP contribution in [0.2, 0.25) is 0 Å². The van der Waals surface area contributed by atoms with Gasteiger partial charge in [-0.05, 0) is 26.1 Å². The highest BCUT2D eigenvalue weighted by Crippen LogP contribution is 2.13. The summed E-state index contributed by atoms with van der Waals surface area (Å²) < 4.78 is 5.42. The normalized spacial score (nSPS) is 10.6. The van der Waals surface area contributed by atoms with Crippen molar-refractivity contribution in [2.75, 3.05) is 20.1 Å². The summed E-state index contributed by atoms with van der Waals surface area (Å²) in [6, 6.07) is 2.02. The van der Waals surface area contributed by atoms with Crippen LogP contribution >= 0.6 is 0 Å². The smallest absolute Gasteiger partial charge is 0.122 e. The standard InChI is InChI=1S/C13H20N2O/c1-4-7-15(8-5-2)11-12-6-9-16-13(12)10-14-3/h1,6,9,14H,5,7-8,10-11H2,2-3H3. The van der Waals surface area contributed by atoms with Crippen molar-refractivity contribution < 1.29 is 4.42 Å². The molecule has 88 valence electrons. The number of nitrogens with one attached hydrogen (secondary N) is 1. The lowest BCUT2D eigenvalue weighted by Gasteiger charge is -2.18. The van der Waals surface area contributed by atoms with E-state index in [1.54, 1.807) is 6.26 Å². The third kappa shape index (κ3) is 3.73. The second kappa shape index (κ2) is 7.10. The van der Waals surface area contributed by atoms with E-state index in [2.05, 4.69) is 23.1 Å². The van der Waals surface area contributed by atoms with E-state index in [1.807, 2.05) is 13.1 Å². The Morgan fingerprint density at radius 1 is 1.56 bits per heavy atom. The number of furan rings is 1. The van der Waals surface area contributed by atoms with Gasteiger partial charge in [-0.25, -0.2) is 0 Å². The van der Waals surface area contributed by atoms with Gasteiger partial charge >= 0.3 is 0 Å². The lowest BCUT2D eigenvalue weighted by atomic mass is 10.2. The molecule has 0 aliphatic heterocycles. The third-order valence-electron chi connectivity index (χ3n) is 2.42. The second-order valence-electron chi connectivity index (χ2n) is 3.81. The van der Waals surface area contributed by atoms with Crippen molar-refractivity contribution in [2.24, 2.45) is 0 Å². The lowest BCUT2D eigenvalue weighted by molar-refractivity contribution is 0.296. The maximum absolute atomic E-state index is 5.42. The molecule has 0 aromatic carbocycles. The summed E-state index contributed by atoms with van der Waals surface area (Å²) in [4.78, 5) is 2.25. The van der Waals surface area contributed by atoms with E-state index < -0.39 is 0 Å². The molecule has 0 aliphatic rings. The van der Waals surface area contributed by atoms with E-state index >= 15 is 0 Å². The number of hydrogen-bond donors (Lipinski definition) is 1. The van der Waals surface area contributed by atoms with Gasteiger partial charge in [-0.2, -0.15) is 0 Å². The Kier molecular flexibility index (Phi) is 5.69. The van der Waals surface area contributed by atoms with Crippen molar-refractivity contribution in [2.45, 2.75) is 26.4 Å². The van der Waals surface area contributed by atoms with E-state index in [-0.39, 0.29) is 0 Å². The van der Waals surface area contributed by atoms with Crippen LogP contribution in [0.15, 0.2) is 16.7 Å². The molecule has 1 rings (SSSR count). The summed E-state index contributed by atoms with van der Waals surface area (Å²) in [6.07, 6.45) is 8.21. The molecule has 0 saturated heterocycles. The Balaban J connectivity index is 2.61. The maximum Gasteiger partial charge on any atom is 0.122 e. The summed E-state index contributed by atoms with van der Waals surface area (Å²) in [6.45, 7) is 5.50. The van der Waals surface area contributed by atoms with Crippen molar-refractivity contribution in [3.8, 4) is 12.3 Å². The fourth-order valence-electron chi connectivity index (χ4n) is 1.72. The van der Waals surface area contributed by atoms with Gasteiger partial charge in [0.25, 0.3) is 0 Å². The van der Waals surface area contributed by atoms with Gasteiger partial charge in [-0.3, -0.25) is 4.90 Å². The molecular weight excluding hydrogens is 200 g/mol. The summed E-state index contributed by atoms with van der Waals surface area (Å²) in [5.41, 5.74) is 1.22. The van der Waals surface area contributed by atoms with Crippen LogP contribution in [0.1, 0.15) is 24.7 Å². The SMILES string of the molecule is C#CCN(CCC)Cc1ccoc1CNC. The van der Waals surface area contributed by atoms with Crippen LogP contribution in [0.4, 0.5) is 0 Å². The fraction of sp³-hybridized carbons (Fsp3) is 0.538. The summed E-state index contributed by atoms with van der Waals surface area (Å²) in [7, 11) is 1.91. The largest absolute Gasteiger partial charge is 0.468 e. The highest BCUT2D eigenvalue weighted by molar-refractivity contribution is 5.17. The first-order chi connectivity index (χ1) is 7.81. The molecule has 0 atom stereocenters. The minimum atomic E-state index is 0.692. The number of rotatable bonds is 7. The minimum Gasteiger partial charge on any atom is -0.468 e. The molecule has 0 saturated carbocycles. The highest BCUT2D eigenvalue weighted by atomic mass is 16.3. The molecule has 0 unspecified atom stereocenters. The van der Waals surface area contributed by atoms with Gasteiger partial charge in [0, 0.05) is 12.1 Å². The van der Waals surface area contributed by atoms with Crippen molar-refractivity contribution in [3.05, 3.63) is 23.7 Å². The lowest BCUT2D eigenvalue weighted by Crippen LogP contribution is -2.25. The molecular formula is C13H20N2O. The number of terminal acetylenes is 1. The van der Waals surface area contributed by atoms with Gasteiger partial charge in [0.2, 0.25) is 0 Å². The Labute approximate surface area is 97.8 Å². The van der Waals surface area contributed by atoms with Gasteiger partial charge in [0.15, 0.2) is 0 Å². The molecule has 0 radical (unpaired) electrons. The van der Waals surface area contributed by atoms with Crippen molar-refractivity contribution in [3.63, 3.8) is 0 Å². The van der Waals surface area contributed by atoms with E-state index in [4.69, 9.17) is 10.8 Å². The monoisotopic (exact) mass is 220 g/mol. The molecule has 1 heterocycles. The van der Waals surface area contributed by atoms with Gasteiger partial charge in [-0.15, -0.1) is 6.42 Å². The van der Waals surface area contributed by atoms with Crippen LogP contribution in [0.25, 0.3) is 0 Å². The molecule has 1 aromatic heterocycles. The first kappa shape index (κ1) is 12.8. The average Bonchev–Trinajstić information content (AvgIpc) is 2.67. The fourth-order valence-corrected chi connectivity index (χ4v) is 1.72. The summed E-state index contributed by atoms with van der Waals surface area (Å²) >= 11 is 0. The van der Waals surface area contributed by atoms with Gasteiger partial charge < -0.3 is 9.73 Å². The highest BCUT2D eigenvalue weighted by Gasteiger charge is 2.09. The minimum absolute atomic E-state index is 0.692. The zero-order valence-electron chi connectivity index (χ0n) is 10.1. The molecule has 1 N–H and O–H groups in total. The van der Waals surface area contributed by atoms with E-state index in [0.29, 0.717) is 6.54 Å². The topological polar surface area (TPSA) is 28.4 Å². The van der Waals surface area contributed by atoms with Crippen LogP contribution in [0.5, 0.6) is 0 Å². The zero-order valence-corrected chi connectivity index (χ0v) is 10.1. The molecule has 16 heavy (non-hydrogen) atoms. The molecule has 0 spiro atoms. The van der Waals surface area contributed by atoms with Gasteiger partial charge in [-0.1, -0.05) is 12.8 Å². The number of nitrogens with zero attached hydrogens (tertiary/aromatic N) is 1. The Morgan fingerprint density at radius 2 is 2.38 bits per heavy atom. The summed E-state index contributed by atoms with van der Waals surface area (Å²) in [5.74, 6) is 3.70. The molecule has 0 fully saturated rings. The van der Waals surface area contributed by atoms with E-state index in [1.165, 1.54) is 5.56 Å². The Morgan fingerprint density at radius 3 is 3.00 bits per heavy atom. The Bertz CT molecular complexity index is 338.